The van der Waals surface area contributed by atoms with Gasteiger partial charge in [-0.2, -0.15) is 0 Å². The van der Waals surface area contributed by atoms with E-state index in [0.29, 0.717) is 6.61 Å². The van der Waals surface area contributed by atoms with Gasteiger partial charge in [0.25, 0.3) is 0 Å². The topological polar surface area (TPSA) is 35.5 Å². The first-order valence-corrected chi connectivity index (χ1v) is 3.65. The second-order valence-corrected chi connectivity index (χ2v) is 2.04. The Bertz CT molecular complexity index is 121. The average molecular weight is 158 g/mol. The maximum absolute atomic E-state index is 10.6. The van der Waals surface area contributed by atoms with Gasteiger partial charge >= 0.3 is 5.97 Å². The molecule has 0 N–H and O–H groups in total. The van der Waals surface area contributed by atoms with Crippen molar-refractivity contribution in [1.82, 2.24) is 0 Å². The van der Waals surface area contributed by atoms with Gasteiger partial charge in [-0.05, 0) is 6.42 Å². The second-order valence-electron chi connectivity index (χ2n) is 2.04. The van der Waals surface area contributed by atoms with Crippen LogP contribution in [0.15, 0.2) is 12.7 Å². The van der Waals surface area contributed by atoms with Crippen LogP contribution in [0.25, 0.3) is 0 Å². The van der Waals surface area contributed by atoms with Crippen molar-refractivity contribution in [3.63, 3.8) is 0 Å². The minimum Gasteiger partial charge on any atom is -0.438 e. The molecule has 0 atom stereocenters. The highest BCUT2D eigenvalue weighted by Gasteiger charge is 1.96. The highest BCUT2D eigenvalue weighted by Crippen LogP contribution is 1.88. The molecule has 0 aromatic carbocycles. The lowest BCUT2D eigenvalue weighted by atomic mass is 10.4. The van der Waals surface area contributed by atoms with Crippen LogP contribution in [0.4, 0.5) is 0 Å². The standard InChI is InChI=1S/C8H14O3/c1-3-5-8(9)11-7-10-6-4-2/h3H,1,4-7H2,2H3. The average Bonchev–Trinajstić information content (AvgIpc) is 1.99. The van der Waals surface area contributed by atoms with Crippen molar-refractivity contribution >= 4 is 5.97 Å². The quantitative estimate of drug-likeness (QED) is 0.254. The highest BCUT2D eigenvalue weighted by molar-refractivity contribution is 5.70. The van der Waals surface area contributed by atoms with Crippen molar-refractivity contribution in [2.45, 2.75) is 19.8 Å². The van der Waals surface area contributed by atoms with E-state index in [9.17, 15) is 4.79 Å². The Morgan fingerprint density at radius 3 is 2.91 bits per heavy atom. The monoisotopic (exact) mass is 158 g/mol. The van der Waals surface area contributed by atoms with Gasteiger partial charge in [0.15, 0.2) is 6.79 Å². The normalized spacial score (nSPS) is 9.18. The van der Waals surface area contributed by atoms with Gasteiger partial charge in [-0.3, -0.25) is 4.79 Å². The summed E-state index contributed by atoms with van der Waals surface area (Å²) >= 11 is 0. The fraction of sp³-hybridized carbons (Fsp3) is 0.625. The van der Waals surface area contributed by atoms with Crippen molar-refractivity contribution in [3.05, 3.63) is 12.7 Å². The third kappa shape index (κ3) is 7.06. The Kier molecular flexibility index (Phi) is 6.73. The molecule has 0 saturated carbocycles. The van der Waals surface area contributed by atoms with E-state index >= 15 is 0 Å². The molecule has 0 bridgehead atoms. The molecule has 11 heavy (non-hydrogen) atoms. The molecule has 0 unspecified atom stereocenters. The van der Waals surface area contributed by atoms with Crippen LogP contribution in [-0.2, 0) is 14.3 Å². The maximum atomic E-state index is 10.6. The summed E-state index contributed by atoms with van der Waals surface area (Å²) in [6.07, 6.45) is 2.68. The van der Waals surface area contributed by atoms with Gasteiger partial charge < -0.3 is 9.47 Å². The molecule has 0 spiro atoms. The van der Waals surface area contributed by atoms with Crippen LogP contribution in [0.1, 0.15) is 19.8 Å². The number of hydrogen-bond donors (Lipinski definition) is 0. The smallest absolute Gasteiger partial charge is 0.311 e. The number of rotatable bonds is 6. The second kappa shape index (κ2) is 7.28. The minimum absolute atomic E-state index is 0.0561. The first kappa shape index (κ1) is 10.2. The van der Waals surface area contributed by atoms with Crippen LogP contribution < -0.4 is 0 Å². The lowest BCUT2D eigenvalue weighted by Crippen LogP contribution is -2.07. The molecule has 0 aliphatic heterocycles. The predicted molar refractivity (Wildman–Crippen MR) is 42.0 cm³/mol. The van der Waals surface area contributed by atoms with Crippen molar-refractivity contribution < 1.29 is 14.3 Å². The molecule has 3 nitrogen and oxygen atoms in total. The summed E-state index contributed by atoms with van der Waals surface area (Å²) in [6.45, 7) is 6.08. The van der Waals surface area contributed by atoms with Crippen LogP contribution in [0.5, 0.6) is 0 Å². The minimum atomic E-state index is -0.295. The molecule has 0 saturated heterocycles. The van der Waals surface area contributed by atoms with E-state index in [1.54, 1.807) is 0 Å². The van der Waals surface area contributed by atoms with Crippen molar-refractivity contribution in [3.8, 4) is 0 Å². The van der Waals surface area contributed by atoms with E-state index in [2.05, 4.69) is 11.3 Å². The van der Waals surface area contributed by atoms with E-state index < -0.39 is 0 Å². The van der Waals surface area contributed by atoms with Crippen LogP contribution in [-0.4, -0.2) is 19.4 Å². The van der Waals surface area contributed by atoms with Gasteiger partial charge in [-0.15, -0.1) is 6.58 Å². The third-order valence-electron chi connectivity index (χ3n) is 0.963. The van der Waals surface area contributed by atoms with E-state index in [1.165, 1.54) is 6.08 Å². The van der Waals surface area contributed by atoms with E-state index in [1.807, 2.05) is 6.92 Å². The Morgan fingerprint density at radius 2 is 2.36 bits per heavy atom. The lowest BCUT2D eigenvalue weighted by Gasteiger charge is -2.02. The Balaban J connectivity index is 3.10. The molecule has 0 aliphatic rings. The van der Waals surface area contributed by atoms with Gasteiger partial charge in [-0.1, -0.05) is 13.0 Å². The molecule has 0 rings (SSSR count). The highest BCUT2D eigenvalue weighted by atomic mass is 16.7. The third-order valence-corrected chi connectivity index (χ3v) is 0.963. The predicted octanol–water partition coefficient (Wildman–Crippen LogP) is 1.49. The lowest BCUT2D eigenvalue weighted by molar-refractivity contribution is -0.155. The molecule has 0 aromatic rings. The van der Waals surface area contributed by atoms with E-state index in [-0.39, 0.29) is 19.2 Å². The van der Waals surface area contributed by atoms with Crippen LogP contribution in [0.3, 0.4) is 0 Å². The zero-order valence-corrected chi connectivity index (χ0v) is 6.84. The summed E-state index contributed by atoms with van der Waals surface area (Å²) in [6, 6.07) is 0. The molecule has 3 heteroatoms. The Hall–Kier alpha value is -0.830. The van der Waals surface area contributed by atoms with Gasteiger partial charge in [-0.25, -0.2) is 0 Å². The Labute approximate surface area is 67.0 Å². The van der Waals surface area contributed by atoms with Gasteiger partial charge in [0.05, 0.1) is 13.0 Å². The Morgan fingerprint density at radius 1 is 1.64 bits per heavy atom. The van der Waals surface area contributed by atoms with Gasteiger partial charge in [0.1, 0.15) is 0 Å². The van der Waals surface area contributed by atoms with Gasteiger partial charge in [0, 0.05) is 0 Å². The molecule has 0 radical (unpaired) electrons. The maximum Gasteiger partial charge on any atom is 0.311 e. The molecule has 0 heterocycles. The van der Waals surface area contributed by atoms with Crippen molar-refractivity contribution in [1.29, 1.82) is 0 Å². The van der Waals surface area contributed by atoms with E-state index in [4.69, 9.17) is 4.74 Å². The van der Waals surface area contributed by atoms with Crippen LogP contribution in [0.2, 0.25) is 0 Å². The zero-order valence-electron chi connectivity index (χ0n) is 6.84. The molecule has 0 amide bonds. The molecular formula is C8H14O3. The summed E-state index contributed by atoms with van der Waals surface area (Å²) in [4.78, 5) is 10.6. The molecule has 64 valence electrons. The summed E-state index contributed by atoms with van der Waals surface area (Å²) in [5.41, 5.74) is 0. The number of hydrogen-bond acceptors (Lipinski definition) is 3. The fourth-order valence-corrected chi connectivity index (χ4v) is 0.487. The molecule has 0 aromatic heterocycles. The van der Waals surface area contributed by atoms with Gasteiger partial charge in [0.2, 0.25) is 0 Å². The summed E-state index contributed by atoms with van der Waals surface area (Å²) in [5.74, 6) is -0.295. The first-order chi connectivity index (χ1) is 5.31. The van der Waals surface area contributed by atoms with E-state index in [0.717, 1.165) is 6.42 Å². The van der Waals surface area contributed by atoms with Crippen LogP contribution in [0, 0.1) is 0 Å². The van der Waals surface area contributed by atoms with Crippen molar-refractivity contribution in [2.24, 2.45) is 0 Å². The summed E-state index contributed by atoms with van der Waals surface area (Å²) < 4.78 is 9.57. The SMILES string of the molecule is C=CCC(=O)OCOCCC. The molecule has 0 fully saturated rings. The van der Waals surface area contributed by atoms with Crippen LogP contribution >= 0.6 is 0 Å². The number of ether oxygens (including phenoxy) is 2. The summed E-state index contributed by atoms with van der Waals surface area (Å²) in [5, 5.41) is 0. The fourth-order valence-electron chi connectivity index (χ4n) is 0.487. The summed E-state index contributed by atoms with van der Waals surface area (Å²) in [7, 11) is 0. The largest absolute Gasteiger partial charge is 0.438 e. The molecule has 0 aliphatic carbocycles. The molecular weight excluding hydrogens is 144 g/mol. The number of carbonyl (C=O) groups is 1. The van der Waals surface area contributed by atoms with Crippen molar-refractivity contribution in [2.75, 3.05) is 13.4 Å². The zero-order chi connectivity index (χ0) is 8.53. The first-order valence-electron chi connectivity index (χ1n) is 3.65. The number of esters is 1. The number of carbonyl (C=O) groups excluding carboxylic acids is 1.